The second-order valence-corrected chi connectivity index (χ2v) is 4.34. The Kier molecular flexibility index (Phi) is 1.74. The largest absolute Gasteiger partial charge is 0.365 e. The summed E-state index contributed by atoms with van der Waals surface area (Å²) in [6.45, 7) is 2.11. The van der Waals surface area contributed by atoms with Crippen molar-refractivity contribution in [2.24, 2.45) is 11.3 Å². The Bertz CT molecular complexity index is 184. The summed E-state index contributed by atoms with van der Waals surface area (Å²) >= 11 is 0. The van der Waals surface area contributed by atoms with Crippen LogP contribution in [0.25, 0.3) is 0 Å². The summed E-state index contributed by atoms with van der Waals surface area (Å²) in [7, 11) is 1.62. The molecule has 0 bridgehead atoms. The van der Waals surface area contributed by atoms with Gasteiger partial charge in [-0.05, 0) is 12.8 Å². The molecule has 2 aliphatic rings. The van der Waals surface area contributed by atoms with Crippen molar-refractivity contribution in [2.45, 2.75) is 44.8 Å². The van der Waals surface area contributed by atoms with Crippen molar-refractivity contribution in [2.75, 3.05) is 7.11 Å². The van der Waals surface area contributed by atoms with Gasteiger partial charge in [0.25, 0.3) is 0 Å². The molecule has 1 spiro atoms. The van der Waals surface area contributed by atoms with Gasteiger partial charge in [-0.2, -0.15) is 0 Å². The van der Waals surface area contributed by atoms with Crippen LogP contribution in [0, 0.1) is 11.3 Å². The average molecular weight is 170 g/mol. The summed E-state index contributed by atoms with van der Waals surface area (Å²) in [6.07, 6.45) is 6.15. The molecule has 0 aromatic rings. The van der Waals surface area contributed by atoms with E-state index in [-0.39, 0.29) is 5.41 Å². The van der Waals surface area contributed by atoms with Crippen LogP contribution < -0.4 is 0 Å². The lowest BCUT2D eigenvalue weighted by Crippen LogP contribution is -2.24. The van der Waals surface area contributed by atoms with E-state index in [0.29, 0.717) is 5.92 Å². The molecule has 2 rings (SSSR count). The van der Waals surface area contributed by atoms with Crippen LogP contribution in [0.3, 0.4) is 0 Å². The van der Waals surface area contributed by atoms with Crippen LogP contribution >= 0.6 is 0 Å². The zero-order chi connectivity index (χ0) is 8.82. The third kappa shape index (κ3) is 0.775. The van der Waals surface area contributed by atoms with E-state index < -0.39 is 5.79 Å². The number of ether oxygens (including phenoxy) is 1. The minimum absolute atomic E-state index is 0.125. The van der Waals surface area contributed by atoms with Gasteiger partial charge in [0.05, 0.1) is 0 Å². The highest BCUT2D eigenvalue weighted by Crippen LogP contribution is 2.68. The van der Waals surface area contributed by atoms with E-state index in [0.717, 1.165) is 12.8 Å². The smallest absolute Gasteiger partial charge is 0.174 e. The summed E-state index contributed by atoms with van der Waals surface area (Å²) in [5.74, 6) is -0.441. The van der Waals surface area contributed by atoms with E-state index in [1.807, 2.05) is 0 Å². The predicted octanol–water partition coefficient (Wildman–Crippen LogP) is 1.92. The summed E-state index contributed by atoms with van der Waals surface area (Å²) in [5.41, 5.74) is 0.125. The fraction of sp³-hybridized carbons (Fsp3) is 1.00. The average Bonchev–Trinajstić information content (AvgIpc) is 2.56. The van der Waals surface area contributed by atoms with E-state index >= 15 is 0 Å². The van der Waals surface area contributed by atoms with Crippen molar-refractivity contribution < 1.29 is 9.84 Å². The van der Waals surface area contributed by atoms with Crippen LogP contribution in [0.15, 0.2) is 0 Å². The van der Waals surface area contributed by atoms with Crippen LogP contribution in [0.1, 0.15) is 39.0 Å². The fourth-order valence-electron chi connectivity index (χ4n) is 3.10. The van der Waals surface area contributed by atoms with Gasteiger partial charge in [0.2, 0.25) is 0 Å². The molecule has 0 amide bonds. The normalized spacial score (nSPS) is 44.8. The Morgan fingerprint density at radius 1 is 1.25 bits per heavy atom. The Morgan fingerprint density at radius 2 is 1.83 bits per heavy atom. The first-order valence-corrected chi connectivity index (χ1v) is 4.95. The van der Waals surface area contributed by atoms with Gasteiger partial charge in [-0.1, -0.05) is 26.2 Å². The lowest BCUT2D eigenvalue weighted by atomic mass is 9.84. The van der Waals surface area contributed by atoms with Gasteiger partial charge in [-0.25, -0.2) is 0 Å². The molecule has 1 N–H and O–H groups in total. The Hall–Kier alpha value is -0.0800. The second kappa shape index (κ2) is 2.46. The molecule has 0 heterocycles. The van der Waals surface area contributed by atoms with E-state index in [2.05, 4.69) is 6.92 Å². The van der Waals surface area contributed by atoms with Crippen LogP contribution in [0.5, 0.6) is 0 Å². The molecule has 2 aliphatic carbocycles. The second-order valence-electron chi connectivity index (χ2n) is 4.34. The van der Waals surface area contributed by atoms with Gasteiger partial charge in [-0.15, -0.1) is 0 Å². The first kappa shape index (κ1) is 8.52. The maximum absolute atomic E-state index is 10.1. The Labute approximate surface area is 73.9 Å². The first-order valence-electron chi connectivity index (χ1n) is 4.95. The van der Waals surface area contributed by atoms with Crippen LogP contribution in [-0.2, 0) is 4.74 Å². The SMILES string of the molecule is COC1(O)C(C)C12CCCCC2. The van der Waals surface area contributed by atoms with Gasteiger partial charge in [-0.3, -0.25) is 0 Å². The van der Waals surface area contributed by atoms with Crippen LogP contribution in [0.2, 0.25) is 0 Å². The van der Waals surface area contributed by atoms with Crippen molar-refractivity contribution >= 4 is 0 Å². The van der Waals surface area contributed by atoms with Gasteiger partial charge in [0.15, 0.2) is 5.79 Å². The standard InChI is InChI=1S/C10H18O2/c1-8-9(10(8,11)12-2)6-4-3-5-7-9/h8,11H,3-7H2,1-2H3. The van der Waals surface area contributed by atoms with Crippen molar-refractivity contribution in [3.8, 4) is 0 Å². The molecule has 2 saturated carbocycles. The third-order valence-electron chi connectivity index (χ3n) is 4.10. The van der Waals surface area contributed by atoms with E-state index in [1.54, 1.807) is 7.11 Å². The van der Waals surface area contributed by atoms with E-state index in [1.165, 1.54) is 19.3 Å². The number of hydrogen-bond donors (Lipinski definition) is 1. The van der Waals surface area contributed by atoms with Crippen molar-refractivity contribution in [1.82, 2.24) is 0 Å². The van der Waals surface area contributed by atoms with Crippen molar-refractivity contribution in [3.63, 3.8) is 0 Å². The number of rotatable bonds is 1. The molecular formula is C10H18O2. The van der Waals surface area contributed by atoms with E-state index in [9.17, 15) is 5.11 Å². The van der Waals surface area contributed by atoms with Gasteiger partial charge in [0, 0.05) is 18.4 Å². The summed E-state index contributed by atoms with van der Waals surface area (Å²) < 4.78 is 5.21. The minimum Gasteiger partial charge on any atom is -0.365 e. The number of methoxy groups -OCH3 is 1. The zero-order valence-electron chi connectivity index (χ0n) is 7.97. The third-order valence-corrected chi connectivity index (χ3v) is 4.10. The monoisotopic (exact) mass is 170 g/mol. The molecule has 2 unspecified atom stereocenters. The molecule has 0 aromatic heterocycles. The number of aliphatic hydroxyl groups is 1. The molecule has 2 nitrogen and oxygen atoms in total. The highest BCUT2D eigenvalue weighted by atomic mass is 16.6. The molecule has 0 aromatic carbocycles. The van der Waals surface area contributed by atoms with Crippen molar-refractivity contribution in [3.05, 3.63) is 0 Å². The number of hydrogen-bond acceptors (Lipinski definition) is 2. The summed E-state index contributed by atoms with van der Waals surface area (Å²) in [4.78, 5) is 0. The molecule has 70 valence electrons. The molecule has 2 atom stereocenters. The highest BCUT2D eigenvalue weighted by molar-refractivity contribution is 5.16. The summed E-state index contributed by atoms with van der Waals surface area (Å²) in [6, 6.07) is 0. The Balaban J connectivity index is 2.13. The molecule has 12 heavy (non-hydrogen) atoms. The lowest BCUT2D eigenvalue weighted by molar-refractivity contribution is -0.142. The van der Waals surface area contributed by atoms with Gasteiger partial charge in [0.1, 0.15) is 0 Å². The maximum atomic E-state index is 10.1. The quantitative estimate of drug-likeness (QED) is 0.609. The molecule has 2 fully saturated rings. The van der Waals surface area contributed by atoms with Gasteiger partial charge >= 0.3 is 0 Å². The minimum atomic E-state index is -0.784. The lowest BCUT2D eigenvalue weighted by Gasteiger charge is -2.24. The maximum Gasteiger partial charge on any atom is 0.174 e. The highest BCUT2D eigenvalue weighted by Gasteiger charge is 2.74. The van der Waals surface area contributed by atoms with Crippen molar-refractivity contribution in [1.29, 1.82) is 0 Å². The van der Waals surface area contributed by atoms with Crippen LogP contribution in [-0.4, -0.2) is 18.0 Å². The molecular weight excluding hydrogens is 152 g/mol. The summed E-state index contributed by atoms with van der Waals surface area (Å²) in [5, 5.41) is 10.1. The Morgan fingerprint density at radius 3 is 2.25 bits per heavy atom. The predicted molar refractivity (Wildman–Crippen MR) is 46.6 cm³/mol. The fourth-order valence-corrected chi connectivity index (χ4v) is 3.10. The van der Waals surface area contributed by atoms with Crippen LogP contribution in [0.4, 0.5) is 0 Å². The molecule has 0 saturated heterocycles. The topological polar surface area (TPSA) is 29.5 Å². The first-order chi connectivity index (χ1) is 5.67. The van der Waals surface area contributed by atoms with Gasteiger partial charge < -0.3 is 9.84 Å². The molecule has 0 aliphatic heterocycles. The zero-order valence-corrected chi connectivity index (χ0v) is 7.97. The van der Waals surface area contributed by atoms with E-state index in [4.69, 9.17) is 4.74 Å². The molecule has 2 heteroatoms. The molecule has 0 radical (unpaired) electrons.